The van der Waals surface area contributed by atoms with Crippen LogP contribution in [0.2, 0.25) is 0 Å². The van der Waals surface area contributed by atoms with Crippen molar-refractivity contribution in [2.45, 2.75) is 6.92 Å². The molecule has 0 atom stereocenters. The molecule has 0 bridgehead atoms. The van der Waals surface area contributed by atoms with E-state index in [-0.39, 0.29) is 5.88 Å². The molecule has 7 heteroatoms. The molecule has 2 aromatic rings. The lowest BCUT2D eigenvalue weighted by Crippen LogP contribution is -2.14. The molecule has 0 spiro atoms. The highest BCUT2D eigenvalue weighted by Crippen LogP contribution is 2.13. The third-order valence-corrected chi connectivity index (χ3v) is 1.96. The van der Waals surface area contributed by atoms with Gasteiger partial charge < -0.3 is 4.52 Å². The molecule has 0 aliphatic carbocycles. The summed E-state index contributed by atoms with van der Waals surface area (Å²) in [6, 6.07) is 2.52. The molecular weight excluding hydrogens is 232 g/mol. The van der Waals surface area contributed by atoms with E-state index in [4.69, 9.17) is 4.52 Å². The fraction of sp³-hybridized carbons (Fsp3) is 0.100. The Bertz CT molecular complexity index is 568. The van der Waals surface area contributed by atoms with Crippen molar-refractivity contribution < 1.29 is 18.1 Å². The van der Waals surface area contributed by atoms with Crippen LogP contribution in [0.5, 0.6) is 0 Å². The van der Waals surface area contributed by atoms with Gasteiger partial charge in [-0.25, -0.2) is 9.37 Å². The molecule has 0 saturated heterocycles. The van der Waals surface area contributed by atoms with E-state index in [1.807, 2.05) is 0 Å². The van der Waals surface area contributed by atoms with Crippen LogP contribution in [-0.4, -0.2) is 16.0 Å². The summed E-state index contributed by atoms with van der Waals surface area (Å²) in [5, 5.41) is 5.78. The number of nitrogens with zero attached hydrogens (tertiary/aromatic N) is 2. The topological polar surface area (TPSA) is 68.0 Å². The van der Waals surface area contributed by atoms with Crippen molar-refractivity contribution in [3.8, 4) is 0 Å². The van der Waals surface area contributed by atoms with Crippen molar-refractivity contribution >= 4 is 11.8 Å². The number of hydrogen-bond acceptors (Lipinski definition) is 4. The van der Waals surface area contributed by atoms with Crippen LogP contribution < -0.4 is 5.32 Å². The standard InChI is InChI=1S/C10H7F2N3O2/c1-5-4-7(17-15-5)14-10(16)6-2-3-13-9(12)8(6)11/h2-4H,1H3,(H,14,16). The summed E-state index contributed by atoms with van der Waals surface area (Å²) < 4.78 is 30.7. The van der Waals surface area contributed by atoms with Gasteiger partial charge in [0.15, 0.2) is 5.82 Å². The van der Waals surface area contributed by atoms with Crippen LogP contribution in [0, 0.1) is 18.7 Å². The Morgan fingerprint density at radius 1 is 1.47 bits per heavy atom. The highest BCUT2D eigenvalue weighted by atomic mass is 19.2. The van der Waals surface area contributed by atoms with Gasteiger partial charge in [-0.2, -0.15) is 4.39 Å². The second kappa shape index (κ2) is 4.28. The Morgan fingerprint density at radius 2 is 2.24 bits per heavy atom. The third kappa shape index (κ3) is 2.27. The number of hydrogen-bond donors (Lipinski definition) is 1. The zero-order valence-corrected chi connectivity index (χ0v) is 8.70. The highest BCUT2D eigenvalue weighted by molar-refractivity contribution is 6.03. The average molecular weight is 239 g/mol. The third-order valence-electron chi connectivity index (χ3n) is 1.96. The number of carbonyl (C=O) groups is 1. The molecule has 1 N–H and O–H groups in total. The second-order valence-corrected chi connectivity index (χ2v) is 3.25. The van der Waals surface area contributed by atoms with E-state index in [0.29, 0.717) is 5.69 Å². The Labute approximate surface area is 94.4 Å². The van der Waals surface area contributed by atoms with Gasteiger partial charge in [0.25, 0.3) is 5.91 Å². The van der Waals surface area contributed by atoms with E-state index in [0.717, 1.165) is 12.3 Å². The number of aromatic nitrogens is 2. The van der Waals surface area contributed by atoms with Crippen molar-refractivity contribution in [3.05, 3.63) is 41.4 Å². The molecule has 88 valence electrons. The maximum atomic E-state index is 13.2. The normalized spacial score (nSPS) is 10.3. The molecule has 0 fully saturated rings. The summed E-state index contributed by atoms with van der Waals surface area (Å²) in [6.07, 6.45) is 0.999. The predicted molar refractivity (Wildman–Crippen MR) is 53.3 cm³/mol. The molecule has 2 aromatic heterocycles. The molecule has 17 heavy (non-hydrogen) atoms. The number of carbonyl (C=O) groups excluding carboxylic acids is 1. The second-order valence-electron chi connectivity index (χ2n) is 3.25. The minimum Gasteiger partial charge on any atom is -0.338 e. The van der Waals surface area contributed by atoms with E-state index in [1.165, 1.54) is 6.07 Å². The number of aryl methyl sites for hydroxylation is 1. The number of rotatable bonds is 2. The number of halogens is 2. The molecule has 0 aliphatic rings. The first-order valence-corrected chi connectivity index (χ1v) is 4.62. The summed E-state index contributed by atoms with van der Waals surface area (Å²) in [7, 11) is 0. The Balaban J connectivity index is 2.23. The molecule has 5 nitrogen and oxygen atoms in total. The maximum absolute atomic E-state index is 13.2. The largest absolute Gasteiger partial charge is 0.338 e. The van der Waals surface area contributed by atoms with Crippen molar-refractivity contribution in [1.29, 1.82) is 0 Å². The van der Waals surface area contributed by atoms with Crippen molar-refractivity contribution in [1.82, 2.24) is 10.1 Å². The first kappa shape index (κ1) is 11.2. The minimum atomic E-state index is -1.33. The van der Waals surface area contributed by atoms with Gasteiger partial charge in [-0.1, -0.05) is 5.16 Å². The van der Waals surface area contributed by atoms with E-state index in [2.05, 4.69) is 15.5 Å². The summed E-state index contributed by atoms with van der Waals surface area (Å²) >= 11 is 0. The van der Waals surface area contributed by atoms with Gasteiger partial charge in [-0.05, 0) is 13.0 Å². The maximum Gasteiger partial charge on any atom is 0.261 e. The number of amides is 1. The van der Waals surface area contributed by atoms with Crippen molar-refractivity contribution in [3.63, 3.8) is 0 Å². The number of pyridine rings is 1. The number of anilines is 1. The summed E-state index contributed by atoms with van der Waals surface area (Å²) in [6.45, 7) is 1.66. The Kier molecular flexibility index (Phi) is 2.82. The Morgan fingerprint density at radius 3 is 2.88 bits per heavy atom. The number of nitrogens with one attached hydrogen (secondary N) is 1. The quantitative estimate of drug-likeness (QED) is 0.813. The van der Waals surface area contributed by atoms with Crippen molar-refractivity contribution in [2.75, 3.05) is 5.32 Å². The summed E-state index contributed by atoms with van der Waals surface area (Å²) in [5.41, 5.74) is 0.105. The minimum absolute atomic E-state index is 0.0594. The monoisotopic (exact) mass is 239 g/mol. The van der Waals surface area contributed by atoms with E-state index < -0.39 is 23.2 Å². The zero-order chi connectivity index (χ0) is 12.4. The van der Waals surface area contributed by atoms with Crippen LogP contribution in [0.1, 0.15) is 16.1 Å². The van der Waals surface area contributed by atoms with E-state index >= 15 is 0 Å². The van der Waals surface area contributed by atoms with E-state index in [9.17, 15) is 13.6 Å². The average Bonchev–Trinajstić information content (AvgIpc) is 2.68. The smallest absolute Gasteiger partial charge is 0.261 e. The lowest BCUT2D eigenvalue weighted by Gasteiger charge is -2.02. The van der Waals surface area contributed by atoms with Crippen LogP contribution >= 0.6 is 0 Å². The predicted octanol–water partition coefficient (Wildman–Crippen LogP) is 1.91. The summed E-state index contributed by atoms with van der Waals surface area (Å²) in [5.74, 6) is -3.41. The van der Waals surface area contributed by atoms with Gasteiger partial charge in [0.05, 0.1) is 11.3 Å². The first-order chi connectivity index (χ1) is 8.08. The van der Waals surface area contributed by atoms with Gasteiger partial charge in [0.2, 0.25) is 11.8 Å². The molecule has 0 saturated carbocycles. The molecule has 0 aliphatic heterocycles. The van der Waals surface area contributed by atoms with Crippen LogP contribution in [-0.2, 0) is 0 Å². The van der Waals surface area contributed by atoms with Gasteiger partial charge in [-0.15, -0.1) is 0 Å². The molecule has 2 heterocycles. The van der Waals surface area contributed by atoms with Crippen molar-refractivity contribution in [2.24, 2.45) is 0 Å². The van der Waals surface area contributed by atoms with Gasteiger partial charge in [-0.3, -0.25) is 10.1 Å². The molecule has 2 rings (SSSR count). The molecular formula is C10H7F2N3O2. The zero-order valence-electron chi connectivity index (χ0n) is 8.70. The summed E-state index contributed by atoms with van der Waals surface area (Å²) in [4.78, 5) is 14.6. The highest BCUT2D eigenvalue weighted by Gasteiger charge is 2.17. The SMILES string of the molecule is Cc1cc(NC(=O)c2ccnc(F)c2F)on1. The fourth-order valence-electron chi connectivity index (χ4n) is 1.20. The lowest BCUT2D eigenvalue weighted by molar-refractivity contribution is 0.101. The van der Waals surface area contributed by atoms with Crippen LogP contribution in [0.3, 0.4) is 0 Å². The molecule has 0 aromatic carbocycles. The van der Waals surface area contributed by atoms with Gasteiger partial charge in [0.1, 0.15) is 0 Å². The Hall–Kier alpha value is -2.31. The molecule has 0 radical (unpaired) electrons. The van der Waals surface area contributed by atoms with Gasteiger partial charge in [0, 0.05) is 12.3 Å². The fourth-order valence-corrected chi connectivity index (χ4v) is 1.20. The van der Waals surface area contributed by atoms with Gasteiger partial charge >= 0.3 is 0 Å². The molecule has 0 unspecified atom stereocenters. The van der Waals surface area contributed by atoms with Crippen LogP contribution in [0.25, 0.3) is 0 Å². The first-order valence-electron chi connectivity index (χ1n) is 4.62. The molecule has 1 amide bonds. The van der Waals surface area contributed by atoms with E-state index in [1.54, 1.807) is 6.92 Å². The lowest BCUT2D eigenvalue weighted by atomic mass is 10.2. The van der Waals surface area contributed by atoms with Crippen LogP contribution in [0.4, 0.5) is 14.7 Å². The van der Waals surface area contributed by atoms with Crippen LogP contribution in [0.15, 0.2) is 22.9 Å².